The van der Waals surface area contributed by atoms with Gasteiger partial charge in [-0.3, -0.25) is 0 Å². The summed E-state index contributed by atoms with van der Waals surface area (Å²) in [5.41, 5.74) is 2.81. The standard InChI is InChI=1S/C16H26N2O/c1-3-17-15-8-11-18(12-9-15)16-7-5-4-6-14(16)10-13-19-2/h4-7,15,17H,3,8-13H2,1-2H3. The van der Waals surface area contributed by atoms with Crippen molar-refractivity contribution in [3.8, 4) is 0 Å². The molecule has 3 nitrogen and oxygen atoms in total. The molecule has 1 saturated heterocycles. The average molecular weight is 262 g/mol. The van der Waals surface area contributed by atoms with Crippen molar-refractivity contribution >= 4 is 5.69 Å². The van der Waals surface area contributed by atoms with E-state index in [1.165, 1.54) is 24.1 Å². The Hall–Kier alpha value is -1.06. The normalized spacial score (nSPS) is 16.8. The van der Waals surface area contributed by atoms with Gasteiger partial charge in [0.05, 0.1) is 6.61 Å². The number of ether oxygens (including phenoxy) is 1. The first-order chi connectivity index (χ1) is 9.35. The number of rotatable bonds is 6. The summed E-state index contributed by atoms with van der Waals surface area (Å²) in [4.78, 5) is 2.53. The summed E-state index contributed by atoms with van der Waals surface area (Å²) in [6.45, 7) is 6.37. The Balaban J connectivity index is 1.98. The first kappa shape index (κ1) is 14.4. The summed E-state index contributed by atoms with van der Waals surface area (Å²) in [5, 5.41) is 3.56. The molecule has 1 aliphatic heterocycles. The molecule has 0 aromatic heterocycles. The van der Waals surface area contributed by atoms with Crippen LogP contribution in [0.2, 0.25) is 0 Å². The molecule has 0 atom stereocenters. The molecule has 1 N–H and O–H groups in total. The lowest BCUT2D eigenvalue weighted by atomic mass is 10.0. The Morgan fingerprint density at radius 1 is 1.26 bits per heavy atom. The molecule has 1 aliphatic rings. The van der Waals surface area contributed by atoms with Crippen molar-refractivity contribution in [3.63, 3.8) is 0 Å². The van der Waals surface area contributed by atoms with Crippen LogP contribution in [0.3, 0.4) is 0 Å². The van der Waals surface area contributed by atoms with E-state index in [2.05, 4.69) is 41.4 Å². The third kappa shape index (κ3) is 3.95. The zero-order chi connectivity index (χ0) is 13.5. The molecule has 0 aliphatic carbocycles. The van der Waals surface area contributed by atoms with Crippen molar-refractivity contribution < 1.29 is 4.74 Å². The van der Waals surface area contributed by atoms with Gasteiger partial charge in [0.2, 0.25) is 0 Å². The quantitative estimate of drug-likeness (QED) is 0.852. The smallest absolute Gasteiger partial charge is 0.0503 e. The van der Waals surface area contributed by atoms with Gasteiger partial charge in [0, 0.05) is 31.9 Å². The number of methoxy groups -OCH3 is 1. The first-order valence-corrected chi connectivity index (χ1v) is 7.40. The number of para-hydroxylation sites is 1. The monoisotopic (exact) mass is 262 g/mol. The van der Waals surface area contributed by atoms with E-state index in [1.807, 2.05) is 0 Å². The van der Waals surface area contributed by atoms with Crippen molar-refractivity contribution in [2.24, 2.45) is 0 Å². The van der Waals surface area contributed by atoms with Crippen LogP contribution in [-0.2, 0) is 11.2 Å². The Bertz CT molecular complexity index is 373. The highest BCUT2D eigenvalue weighted by Crippen LogP contribution is 2.24. The van der Waals surface area contributed by atoms with Crippen LogP contribution in [0.25, 0.3) is 0 Å². The van der Waals surface area contributed by atoms with Crippen molar-refractivity contribution in [2.45, 2.75) is 32.2 Å². The van der Waals surface area contributed by atoms with Gasteiger partial charge in [-0.1, -0.05) is 25.1 Å². The average Bonchev–Trinajstić information content (AvgIpc) is 2.47. The number of hydrogen-bond donors (Lipinski definition) is 1. The van der Waals surface area contributed by atoms with Crippen LogP contribution in [0.5, 0.6) is 0 Å². The molecule has 0 amide bonds. The van der Waals surface area contributed by atoms with Gasteiger partial charge in [-0.15, -0.1) is 0 Å². The van der Waals surface area contributed by atoms with Gasteiger partial charge >= 0.3 is 0 Å². The fourth-order valence-electron chi connectivity index (χ4n) is 2.86. The van der Waals surface area contributed by atoms with E-state index in [-0.39, 0.29) is 0 Å². The molecule has 106 valence electrons. The van der Waals surface area contributed by atoms with Crippen LogP contribution < -0.4 is 10.2 Å². The lowest BCUT2D eigenvalue weighted by Gasteiger charge is -2.35. The van der Waals surface area contributed by atoms with Crippen LogP contribution in [0.4, 0.5) is 5.69 Å². The Morgan fingerprint density at radius 3 is 2.68 bits per heavy atom. The van der Waals surface area contributed by atoms with E-state index in [9.17, 15) is 0 Å². The summed E-state index contributed by atoms with van der Waals surface area (Å²) in [6, 6.07) is 9.44. The van der Waals surface area contributed by atoms with E-state index in [0.29, 0.717) is 6.04 Å². The molecule has 1 heterocycles. The van der Waals surface area contributed by atoms with E-state index in [1.54, 1.807) is 7.11 Å². The minimum absolute atomic E-state index is 0.701. The fourth-order valence-corrected chi connectivity index (χ4v) is 2.86. The third-order valence-electron chi connectivity index (χ3n) is 3.90. The molecule has 19 heavy (non-hydrogen) atoms. The molecule has 2 rings (SSSR count). The first-order valence-electron chi connectivity index (χ1n) is 7.40. The van der Waals surface area contributed by atoms with Gasteiger partial charge in [0.15, 0.2) is 0 Å². The lowest BCUT2D eigenvalue weighted by molar-refractivity contribution is 0.202. The summed E-state index contributed by atoms with van der Waals surface area (Å²) in [7, 11) is 1.77. The molecule has 1 aromatic carbocycles. The Kier molecular flexibility index (Phi) is 5.67. The highest BCUT2D eigenvalue weighted by atomic mass is 16.5. The van der Waals surface area contributed by atoms with Gasteiger partial charge in [-0.2, -0.15) is 0 Å². The molecule has 0 unspecified atom stereocenters. The number of piperidine rings is 1. The van der Waals surface area contributed by atoms with Crippen LogP contribution in [-0.4, -0.2) is 39.4 Å². The zero-order valence-electron chi connectivity index (χ0n) is 12.2. The summed E-state index contributed by atoms with van der Waals surface area (Å²) >= 11 is 0. The van der Waals surface area contributed by atoms with Crippen molar-refractivity contribution in [1.82, 2.24) is 5.32 Å². The van der Waals surface area contributed by atoms with Crippen LogP contribution in [0, 0.1) is 0 Å². The molecular formula is C16H26N2O. The van der Waals surface area contributed by atoms with Gasteiger partial charge in [-0.25, -0.2) is 0 Å². The van der Waals surface area contributed by atoms with Crippen LogP contribution >= 0.6 is 0 Å². The highest BCUT2D eigenvalue weighted by Gasteiger charge is 2.19. The Morgan fingerprint density at radius 2 is 2.00 bits per heavy atom. The number of anilines is 1. The van der Waals surface area contributed by atoms with E-state index >= 15 is 0 Å². The maximum atomic E-state index is 5.21. The summed E-state index contributed by atoms with van der Waals surface area (Å²) in [6.07, 6.45) is 3.48. The van der Waals surface area contributed by atoms with Crippen LogP contribution in [0.15, 0.2) is 24.3 Å². The third-order valence-corrected chi connectivity index (χ3v) is 3.90. The molecule has 0 spiro atoms. The molecule has 3 heteroatoms. The highest BCUT2D eigenvalue weighted by molar-refractivity contribution is 5.54. The zero-order valence-corrected chi connectivity index (χ0v) is 12.2. The lowest BCUT2D eigenvalue weighted by Crippen LogP contribution is -2.42. The van der Waals surface area contributed by atoms with Gasteiger partial charge in [0.25, 0.3) is 0 Å². The fraction of sp³-hybridized carbons (Fsp3) is 0.625. The second-order valence-electron chi connectivity index (χ2n) is 5.19. The molecular weight excluding hydrogens is 236 g/mol. The number of nitrogens with zero attached hydrogens (tertiary/aromatic N) is 1. The second-order valence-corrected chi connectivity index (χ2v) is 5.19. The minimum Gasteiger partial charge on any atom is -0.384 e. The molecule has 0 saturated carbocycles. The van der Waals surface area contributed by atoms with E-state index in [4.69, 9.17) is 4.74 Å². The topological polar surface area (TPSA) is 24.5 Å². The largest absolute Gasteiger partial charge is 0.384 e. The van der Waals surface area contributed by atoms with Crippen molar-refractivity contribution in [1.29, 1.82) is 0 Å². The van der Waals surface area contributed by atoms with Gasteiger partial charge < -0.3 is 15.0 Å². The van der Waals surface area contributed by atoms with Gasteiger partial charge in [-0.05, 0) is 37.4 Å². The van der Waals surface area contributed by atoms with Crippen molar-refractivity contribution in [3.05, 3.63) is 29.8 Å². The van der Waals surface area contributed by atoms with E-state index in [0.717, 1.165) is 32.7 Å². The summed E-state index contributed by atoms with van der Waals surface area (Å²) < 4.78 is 5.21. The summed E-state index contributed by atoms with van der Waals surface area (Å²) in [5.74, 6) is 0. The number of benzene rings is 1. The SMILES string of the molecule is CCNC1CCN(c2ccccc2CCOC)CC1. The second kappa shape index (κ2) is 7.51. The van der Waals surface area contributed by atoms with Gasteiger partial charge in [0.1, 0.15) is 0 Å². The minimum atomic E-state index is 0.701. The van der Waals surface area contributed by atoms with Crippen molar-refractivity contribution in [2.75, 3.05) is 38.3 Å². The molecule has 0 radical (unpaired) electrons. The maximum Gasteiger partial charge on any atom is 0.0503 e. The molecule has 1 aromatic rings. The predicted octanol–water partition coefficient (Wildman–Crippen LogP) is 2.45. The van der Waals surface area contributed by atoms with E-state index < -0.39 is 0 Å². The number of hydrogen-bond acceptors (Lipinski definition) is 3. The maximum absolute atomic E-state index is 5.21. The molecule has 1 fully saturated rings. The molecule has 0 bridgehead atoms. The number of nitrogens with one attached hydrogen (secondary N) is 1. The van der Waals surface area contributed by atoms with Crippen LogP contribution in [0.1, 0.15) is 25.3 Å². The predicted molar refractivity (Wildman–Crippen MR) is 80.9 cm³/mol. The Labute approximate surface area is 116 Å².